The van der Waals surface area contributed by atoms with Gasteiger partial charge in [0.2, 0.25) is 0 Å². The summed E-state index contributed by atoms with van der Waals surface area (Å²) in [6.45, 7) is 0.307. The van der Waals surface area contributed by atoms with Gasteiger partial charge in [0.15, 0.2) is 0 Å². The molecule has 0 aliphatic carbocycles. The Kier molecular flexibility index (Phi) is 2.81. The van der Waals surface area contributed by atoms with Crippen molar-refractivity contribution in [3.63, 3.8) is 0 Å². The molecule has 2 heterocycles. The van der Waals surface area contributed by atoms with Crippen molar-refractivity contribution in [1.82, 2.24) is 20.3 Å². The molecule has 0 spiro atoms. The highest BCUT2D eigenvalue weighted by atomic mass is 16.3. The molecule has 0 bridgehead atoms. The van der Waals surface area contributed by atoms with Gasteiger partial charge in [-0.1, -0.05) is 0 Å². The molecule has 0 aliphatic heterocycles. The number of imidazole rings is 1. The number of hydrogen-bond acceptors (Lipinski definition) is 4. The molecule has 0 atom stereocenters. The summed E-state index contributed by atoms with van der Waals surface area (Å²) in [6, 6.07) is 1.35. The van der Waals surface area contributed by atoms with Crippen molar-refractivity contribution >= 4 is 5.91 Å². The molecule has 6 heteroatoms. The summed E-state index contributed by atoms with van der Waals surface area (Å²) in [7, 11) is 0. The van der Waals surface area contributed by atoms with Crippen molar-refractivity contribution in [3.05, 3.63) is 42.2 Å². The van der Waals surface area contributed by atoms with Gasteiger partial charge in [0.05, 0.1) is 18.3 Å². The molecule has 16 heavy (non-hydrogen) atoms. The summed E-state index contributed by atoms with van der Waals surface area (Å²) >= 11 is 0. The van der Waals surface area contributed by atoms with Crippen LogP contribution in [-0.4, -0.2) is 26.0 Å². The summed E-state index contributed by atoms with van der Waals surface area (Å²) in [5.74, 6) is 0.326. The fourth-order valence-electron chi connectivity index (χ4n) is 1.21. The van der Waals surface area contributed by atoms with Crippen molar-refractivity contribution in [2.45, 2.75) is 6.54 Å². The number of carbonyl (C=O) groups is 1. The summed E-state index contributed by atoms with van der Waals surface area (Å²) in [5, 5.41) is 11.8. The van der Waals surface area contributed by atoms with Gasteiger partial charge in [0.1, 0.15) is 11.6 Å². The molecule has 0 unspecified atom stereocenters. The van der Waals surface area contributed by atoms with Crippen LogP contribution in [-0.2, 0) is 6.54 Å². The third-order valence-corrected chi connectivity index (χ3v) is 1.96. The molecule has 0 saturated heterocycles. The molecular formula is C10H10N4O2. The van der Waals surface area contributed by atoms with E-state index >= 15 is 0 Å². The maximum absolute atomic E-state index is 11.6. The van der Waals surface area contributed by atoms with Gasteiger partial charge in [0.25, 0.3) is 5.91 Å². The lowest BCUT2D eigenvalue weighted by molar-refractivity contribution is 0.0949. The maximum atomic E-state index is 11.6. The topological polar surface area (TPSA) is 90.9 Å². The Hall–Kier alpha value is -2.37. The van der Waals surface area contributed by atoms with Crippen LogP contribution in [0.2, 0.25) is 0 Å². The summed E-state index contributed by atoms with van der Waals surface area (Å²) < 4.78 is 0. The van der Waals surface area contributed by atoms with Crippen LogP contribution in [0.3, 0.4) is 0 Å². The number of nitrogens with one attached hydrogen (secondary N) is 2. The Morgan fingerprint density at radius 2 is 2.38 bits per heavy atom. The average Bonchev–Trinajstić information content (AvgIpc) is 2.78. The van der Waals surface area contributed by atoms with E-state index in [0.717, 1.165) is 0 Å². The average molecular weight is 218 g/mol. The van der Waals surface area contributed by atoms with E-state index in [0.29, 0.717) is 17.9 Å². The molecule has 0 radical (unpaired) electrons. The fourth-order valence-corrected chi connectivity index (χ4v) is 1.21. The van der Waals surface area contributed by atoms with E-state index in [9.17, 15) is 4.79 Å². The molecular weight excluding hydrogens is 208 g/mol. The zero-order valence-electron chi connectivity index (χ0n) is 8.34. The third kappa shape index (κ3) is 2.35. The smallest absolute Gasteiger partial charge is 0.253 e. The molecule has 6 nitrogen and oxygen atoms in total. The van der Waals surface area contributed by atoms with Crippen molar-refractivity contribution in [1.29, 1.82) is 0 Å². The summed E-state index contributed by atoms with van der Waals surface area (Å²) in [5.41, 5.74) is 0.312. The lowest BCUT2D eigenvalue weighted by Gasteiger charge is -2.02. The minimum Gasteiger partial charge on any atom is -0.506 e. The maximum Gasteiger partial charge on any atom is 0.253 e. The van der Waals surface area contributed by atoms with Crippen molar-refractivity contribution in [2.24, 2.45) is 0 Å². The van der Waals surface area contributed by atoms with E-state index in [2.05, 4.69) is 20.3 Å². The first kappa shape index (κ1) is 10.2. The summed E-state index contributed by atoms with van der Waals surface area (Å²) in [6.07, 6.45) is 5.94. The number of aromatic hydroxyl groups is 1. The Morgan fingerprint density at radius 1 is 1.50 bits per heavy atom. The lowest BCUT2D eigenvalue weighted by Crippen LogP contribution is -2.23. The van der Waals surface area contributed by atoms with Crippen molar-refractivity contribution < 1.29 is 9.90 Å². The standard InChI is InChI=1S/C10H10N4O2/c15-8-3-7(4-11-5-8)10(16)14-6-9-12-1-2-13-9/h1-5,15H,6H2,(H,12,13)(H,14,16). The SMILES string of the molecule is O=C(NCc1ncc[nH]1)c1cncc(O)c1. The van der Waals surface area contributed by atoms with Gasteiger partial charge in [-0.3, -0.25) is 9.78 Å². The monoisotopic (exact) mass is 218 g/mol. The van der Waals surface area contributed by atoms with Crippen LogP contribution in [0.5, 0.6) is 5.75 Å². The zero-order chi connectivity index (χ0) is 11.4. The molecule has 82 valence electrons. The Balaban J connectivity index is 1.98. The zero-order valence-corrected chi connectivity index (χ0v) is 8.34. The lowest BCUT2D eigenvalue weighted by atomic mass is 10.2. The Morgan fingerprint density at radius 3 is 3.06 bits per heavy atom. The molecule has 2 aromatic rings. The van der Waals surface area contributed by atoms with Gasteiger partial charge in [0, 0.05) is 18.6 Å². The summed E-state index contributed by atoms with van der Waals surface area (Å²) in [4.78, 5) is 22.1. The Bertz CT molecular complexity index is 481. The van der Waals surface area contributed by atoms with Crippen LogP contribution < -0.4 is 5.32 Å². The van der Waals surface area contributed by atoms with E-state index in [4.69, 9.17) is 5.11 Å². The van der Waals surface area contributed by atoms with Gasteiger partial charge in [-0.25, -0.2) is 4.98 Å². The molecule has 0 aromatic carbocycles. The first-order valence-electron chi connectivity index (χ1n) is 4.66. The molecule has 3 N–H and O–H groups in total. The van der Waals surface area contributed by atoms with E-state index in [1.54, 1.807) is 12.4 Å². The van der Waals surface area contributed by atoms with Crippen LogP contribution in [0.4, 0.5) is 0 Å². The van der Waals surface area contributed by atoms with Crippen LogP contribution in [0.25, 0.3) is 0 Å². The van der Waals surface area contributed by atoms with Gasteiger partial charge in [-0.15, -0.1) is 0 Å². The van der Waals surface area contributed by atoms with Gasteiger partial charge in [-0.2, -0.15) is 0 Å². The van der Waals surface area contributed by atoms with Crippen LogP contribution in [0.15, 0.2) is 30.9 Å². The highest BCUT2D eigenvalue weighted by Gasteiger charge is 2.06. The second kappa shape index (κ2) is 4.43. The van der Waals surface area contributed by atoms with Gasteiger partial charge in [-0.05, 0) is 6.07 Å². The largest absolute Gasteiger partial charge is 0.506 e. The highest BCUT2D eigenvalue weighted by molar-refractivity contribution is 5.94. The van der Waals surface area contributed by atoms with E-state index in [1.807, 2.05) is 0 Å². The van der Waals surface area contributed by atoms with Gasteiger partial charge < -0.3 is 15.4 Å². The molecule has 2 aromatic heterocycles. The predicted octanol–water partition coefficient (Wildman–Crippen LogP) is 0.440. The normalized spacial score (nSPS) is 10.0. The van der Waals surface area contributed by atoms with Crippen molar-refractivity contribution in [2.75, 3.05) is 0 Å². The predicted molar refractivity (Wildman–Crippen MR) is 55.7 cm³/mol. The van der Waals surface area contributed by atoms with Crippen LogP contribution in [0.1, 0.15) is 16.2 Å². The Labute approximate surface area is 91.4 Å². The molecule has 0 aliphatic rings. The first-order chi connectivity index (χ1) is 7.75. The molecule has 1 amide bonds. The van der Waals surface area contributed by atoms with Crippen molar-refractivity contribution in [3.8, 4) is 5.75 Å². The van der Waals surface area contributed by atoms with E-state index in [-0.39, 0.29) is 11.7 Å². The molecule has 0 fully saturated rings. The second-order valence-electron chi connectivity index (χ2n) is 3.15. The number of rotatable bonds is 3. The van der Waals surface area contributed by atoms with Crippen LogP contribution >= 0.6 is 0 Å². The molecule has 2 rings (SSSR count). The van der Waals surface area contributed by atoms with E-state index < -0.39 is 0 Å². The number of amides is 1. The highest BCUT2D eigenvalue weighted by Crippen LogP contribution is 2.08. The minimum absolute atomic E-state index is 0.0364. The van der Waals surface area contributed by atoms with Gasteiger partial charge >= 0.3 is 0 Å². The third-order valence-electron chi connectivity index (χ3n) is 1.96. The van der Waals surface area contributed by atoms with E-state index in [1.165, 1.54) is 18.5 Å². The number of hydrogen-bond donors (Lipinski definition) is 3. The number of H-pyrrole nitrogens is 1. The number of nitrogens with zero attached hydrogens (tertiary/aromatic N) is 2. The first-order valence-corrected chi connectivity index (χ1v) is 4.66. The fraction of sp³-hybridized carbons (Fsp3) is 0.100. The number of aromatic amines is 1. The number of pyridine rings is 1. The number of carbonyl (C=O) groups excluding carboxylic acids is 1. The quantitative estimate of drug-likeness (QED) is 0.697. The number of aromatic nitrogens is 3. The minimum atomic E-state index is -0.306. The molecule has 0 saturated carbocycles. The second-order valence-corrected chi connectivity index (χ2v) is 3.15. The van der Waals surface area contributed by atoms with Crippen LogP contribution in [0, 0.1) is 0 Å².